The molecule has 0 spiro atoms. The number of morpholine rings is 1. The summed E-state index contributed by atoms with van der Waals surface area (Å²) in [5, 5.41) is 3.50. The highest BCUT2D eigenvalue weighted by Gasteiger charge is 2.23. The summed E-state index contributed by atoms with van der Waals surface area (Å²) in [4.78, 5) is 7.18. The fourth-order valence-electron chi connectivity index (χ4n) is 2.80. The monoisotopic (exact) mass is 288 g/mol. The third kappa shape index (κ3) is 3.61. The van der Waals surface area contributed by atoms with Crippen molar-refractivity contribution in [2.24, 2.45) is 0 Å². The topological polar surface area (TPSA) is 41.8 Å². The van der Waals surface area contributed by atoms with E-state index in [1.165, 1.54) is 6.42 Å². The first-order chi connectivity index (χ1) is 10.4. The summed E-state index contributed by atoms with van der Waals surface area (Å²) in [5.74, 6) is 0. The average molecular weight is 288 g/mol. The third-order valence-corrected chi connectivity index (χ3v) is 3.94. The van der Waals surface area contributed by atoms with Crippen molar-refractivity contribution >= 4 is 5.65 Å². The van der Waals surface area contributed by atoms with Gasteiger partial charge in [0, 0.05) is 38.1 Å². The number of hydrogen-bond acceptors (Lipinski definition) is 4. The van der Waals surface area contributed by atoms with Crippen LogP contribution in [0.5, 0.6) is 0 Å². The van der Waals surface area contributed by atoms with E-state index in [2.05, 4.69) is 27.7 Å². The van der Waals surface area contributed by atoms with Crippen LogP contribution in [0.25, 0.3) is 5.65 Å². The molecule has 5 nitrogen and oxygen atoms in total. The van der Waals surface area contributed by atoms with Crippen LogP contribution < -0.4 is 5.32 Å². The quantitative estimate of drug-likeness (QED) is 0.819. The number of rotatable bonds is 6. The lowest BCUT2D eigenvalue weighted by Gasteiger charge is -2.35. The minimum Gasteiger partial charge on any atom is -0.378 e. The van der Waals surface area contributed by atoms with Gasteiger partial charge in [-0.05, 0) is 25.1 Å². The standard InChI is InChI=1S/C16H24N4O/c1-2-6-17-10-15-13-21-9-8-19(15)11-14-12-20-7-4-3-5-16(20)18-14/h3-5,7,12,15,17H,2,6,8-11,13H2,1H3. The highest BCUT2D eigenvalue weighted by atomic mass is 16.5. The molecule has 0 aromatic carbocycles. The molecule has 0 amide bonds. The van der Waals surface area contributed by atoms with Gasteiger partial charge in [-0.1, -0.05) is 13.0 Å². The Morgan fingerprint density at radius 2 is 2.38 bits per heavy atom. The van der Waals surface area contributed by atoms with E-state index >= 15 is 0 Å². The minimum absolute atomic E-state index is 0.440. The third-order valence-electron chi connectivity index (χ3n) is 3.94. The Balaban J connectivity index is 1.65. The molecule has 1 N–H and O–H groups in total. The van der Waals surface area contributed by atoms with E-state index in [0.717, 1.165) is 50.7 Å². The van der Waals surface area contributed by atoms with Gasteiger partial charge in [0.15, 0.2) is 0 Å². The SMILES string of the molecule is CCCNCC1COCCN1Cc1cn2ccccc2n1. The van der Waals surface area contributed by atoms with Gasteiger partial charge >= 0.3 is 0 Å². The number of imidazole rings is 1. The molecular formula is C16H24N4O. The first-order valence-corrected chi connectivity index (χ1v) is 7.82. The zero-order valence-electron chi connectivity index (χ0n) is 12.7. The summed E-state index contributed by atoms with van der Waals surface area (Å²) in [5.41, 5.74) is 2.14. The van der Waals surface area contributed by atoms with Crippen molar-refractivity contribution in [1.29, 1.82) is 0 Å². The number of fused-ring (bicyclic) bond motifs is 1. The summed E-state index contributed by atoms with van der Waals surface area (Å²) in [7, 11) is 0. The molecule has 3 heterocycles. The molecule has 1 fully saturated rings. The number of nitrogens with one attached hydrogen (secondary N) is 1. The van der Waals surface area contributed by atoms with Crippen LogP contribution in [-0.2, 0) is 11.3 Å². The Morgan fingerprint density at radius 1 is 1.43 bits per heavy atom. The molecule has 21 heavy (non-hydrogen) atoms. The molecule has 0 aliphatic carbocycles. The molecule has 1 unspecified atom stereocenters. The van der Waals surface area contributed by atoms with Crippen molar-refractivity contribution in [1.82, 2.24) is 19.6 Å². The van der Waals surface area contributed by atoms with Crippen LogP contribution in [0.3, 0.4) is 0 Å². The van der Waals surface area contributed by atoms with Crippen molar-refractivity contribution in [3.63, 3.8) is 0 Å². The fraction of sp³-hybridized carbons (Fsp3) is 0.562. The zero-order chi connectivity index (χ0) is 14.5. The van der Waals surface area contributed by atoms with E-state index in [0.29, 0.717) is 6.04 Å². The summed E-state index contributed by atoms with van der Waals surface area (Å²) < 4.78 is 7.72. The summed E-state index contributed by atoms with van der Waals surface area (Å²) in [6.07, 6.45) is 5.34. The van der Waals surface area contributed by atoms with Crippen LogP contribution >= 0.6 is 0 Å². The smallest absolute Gasteiger partial charge is 0.137 e. The van der Waals surface area contributed by atoms with Gasteiger partial charge in [-0.3, -0.25) is 4.90 Å². The molecule has 1 saturated heterocycles. The van der Waals surface area contributed by atoms with Crippen molar-refractivity contribution in [3.05, 3.63) is 36.3 Å². The zero-order valence-corrected chi connectivity index (χ0v) is 12.7. The Hall–Kier alpha value is -1.43. The summed E-state index contributed by atoms with van der Waals surface area (Å²) in [6, 6.07) is 6.54. The van der Waals surface area contributed by atoms with E-state index in [1.54, 1.807) is 0 Å². The van der Waals surface area contributed by atoms with Crippen molar-refractivity contribution in [2.75, 3.05) is 32.8 Å². The average Bonchev–Trinajstić information content (AvgIpc) is 2.91. The van der Waals surface area contributed by atoms with Crippen LogP contribution in [-0.4, -0.2) is 53.2 Å². The maximum Gasteiger partial charge on any atom is 0.137 e. The lowest BCUT2D eigenvalue weighted by molar-refractivity contribution is -0.0113. The molecule has 3 rings (SSSR count). The second-order valence-corrected chi connectivity index (χ2v) is 5.60. The molecule has 5 heteroatoms. The molecule has 2 aromatic heterocycles. The summed E-state index contributed by atoms with van der Waals surface area (Å²) >= 11 is 0. The largest absolute Gasteiger partial charge is 0.378 e. The molecule has 0 bridgehead atoms. The van der Waals surface area contributed by atoms with Crippen molar-refractivity contribution < 1.29 is 4.74 Å². The Kier molecular flexibility index (Phi) is 4.85. The van der Waals surface area contributed by atoms with Crippen molar-refractivity contribution in [3.8, 4) is 0 Å². The number of pyridine rings is 1. The first kappa shape index (κ1) is 14.5. The van der Waals surface area contributed by atoms with Crippen LogP contribution in [0.4, 0.5) is 0 Å². The van der Waals surface area contributed by atoms with Crippen LogP contribution in [0.1, 0.15) is 19.0 Å². The van der Waals surface area contributed by atoms with Gasteiger partial charge in [-0.2, -0.15) is 0 Å². The Morgan fingerprint density at radius 3 is 3.24 bits per heavy atom. The molecule has 0 radical (unpaired) electrons. The fourth-order valence-corrected chi connectivity index (χ4v) is 2.80. The molecule has 114 valence electrons. The van der Waals surface area contributed by atoms with E-state index in [9.17, 15) is 0 Å². The van der Waals surface area contributed by atoms with Gasteiger partial charge < -0.3 is 14.5 Å². The number of hydrogen-bond donors (Lipinski definition) is 1. The van der Waals surface area contributed by atoms with E-state index in [4.69, 9.17) is 9.72 Å². The Labute approximate surface area is 125 Å². The minimum atomic E-state index is 0.440. The van der Waals surface area contributed by atoms with Crippen molar-refractivity contribution in [2.45, 2.75) is 25.9 Å². The molecule has 1 atom stereocenters. The predicted molar refractivity (Wildman–Crippen MR) is 83.4 cm³/mol. The van der Waals surface area contributed by atoms with Gasteiger partial charge in [0.05, 0.1) is 18.9 Å². The van der Waals surface area contributed by atoms with Crippen LogP contribution in [0.15, 0.2) is 30.6 Å². The molecule has 2 aromatic rings. The van der Waals surface area contributed by atoms with Gasteiger partial charge in [0.1, 0.15) is 5.65 Å². The molecule has 1 aliphatic rings. The second kappa shape index (κ2) is 7.02. The van der Waals surface area contributed by atoms with Gasteiger partial charge in [0.25, 0.3) is 0 Å². The van der Waals surface area contributed by atoms with E-state index < -0.39 is 0 Å². The number of nitrogens with zero attached hydrogens (tertiary/aromatic N) is 3. The van der Waals surface area contributed by atoms with Gasteiger partial charge in [0.2, 0.25) is 0 Å². The molecular weight excluding hydrogens is 264 g/mol. The Bertz CT molecular complexity index is 535. The molecule has 0 saturated carbocycles. The highest BCUT2D eigenvalue weighted by Crippen LogP contribution is 2.12. The van der Waals surface area contributed by atoms with Crippen LogP contribution in [0.2, 0.25) is 0 Å². The van der Waals surface area contributed by atoms with Gasteiger partial charge in [-0.25, -0.2) is 4.98 Å². The lowest BCUT2D eigenvalue weighted by Crippen LogP contribution is -2.50. The maximum atomic E-state index is 5.63. The normalized spacial score (nSPS) is 20.1. The first-order valence-electron chi connectivity index (χ1n) is 7.82. The molecule has 1 aliphatic heterocycles. The lowest BCUT2D eigenvalue weighted by atomic mass is 10.2. The number of aromatic nitrogens is 2. The van der Waals surface area contributed by atoms with Crippen LogP contribution in [0, 0.1) is 0 Å². The highest BCUT2D eigenvalue weighted by molar-refractivity contribution is 5.39. The maximum absolute atomic E-state index is 5.63. The van der Waals surface area contributed by atoms with E-state index in [-0.39, 0.29) is 0 Å². The van der Waals surface area contributed by atoms with Gasteiger partial charge in [-0.15, -0.1) is 0 Å². The summed E-state index contributed by atoms with van der Waals surface area (Å²) in [6.45, 7) is 7.75. The number of ether oxygens (including phenoxy) is 1. The second-order valence-electron chi connectivity index (χ2n) is 5.60. The predicted octanol–water partition coefficient (Wildman–Crippen LogP) is 1.53. The van der Waals surface area contributed by atoms with E-state index in [1.807, 2.05) is 24.4 Å².